The lowest BCUT2D eigenvalue weighted by atomic mass is 10.2. The smallest absolute Gasteiger partial charge is 0.306 e. The maximum absolute atomic E-state index is 11.0. The van der Waals surface area contributed by atoms with Crippen LogP contribution in [0.25, 0.3) is 6.08 Å². The van der Waals surface area contributed by atoms with Gasteiger partial charge in [-0.25, -0.2) is 0 Å². The van der Waals surface area contributed by atoms with E-state index in [2.05, 4.69) is 0 Å². The third-order valence-corrected chi connectivity index (χ3v) is 1.93. The van der Waals surface area contributed by atoms with Crippen LogP contribution in [0.3, 0.4) is 0 Å². The van der Waals surface area contributed by atoms with E-state index >= 15 is 0 Å². The van der Waals surface area contributed by atoms with Crippen LogP contribution in [-0.2, 0) is 9.53 Å². The van der Waals surface area contributed by atoms with Crippen molar-refractivity contribution in [2.45, 2.75) is 19.8 Å². The van der Waals surface area contributed by atoms with Crippen molar-refractivity contribution in [3.05, 3.63) is 42.0 Å². The van der Waals surface area contributed by atoms with Gasteiger partial charge < -0.3 is 4.74 Å². The second kappa shape index (κ2) is 6.82. The number of hydrogen-bond donors (Lipinski definition) is 0. The Kier molecular flexibility index (Phi) is 5.23. The van der Waals surface area contributed by atoms with Crippen molar-refractivity contribution in [3.63, 3.8) is 0 Å². The molecule has 0 amide bonds. The maximum atomic E-state index is 11.0. The van der Waals surface area contributed by atoms with Crippen LogP contribution in [0.5, 0.6) is 0 Å². The molecule has 0 saturated carbocycles. The van der Waals surface area contributed by atoms with E-state index in [-0.39, 0.29) is 5.97 Å². The van der Waals surface area contributed by atoms with Crippen molar-refractivity contribution >= 4 is 12.0 Å². The highest BCUT2D eigenvalue weighted by atomic mass is 16.5. The topological polar surface area (TPSA) is 26.3 Å². The highest BCUT2D eigenvalue weighted by Gasteiger charge is 1.97. The molecule has 80 valence electrons. The van der Waals surface area contributed by atoms with Gasteiger partial charge in [0, 0.05) is 6.42 Å². The van der Waals surface area contributed by atoms with Crippen molar-refractivity contribution in [2.24, 2.45) is 0 Å². The number of esters is 1. The third kappa shape index (κ3) is 5.01. The first-order valence-corrected chi connectivity index (χ1v) is 5.20. The van der Waals surface area contributed by atoms with Gasteiger partial charge in [-0.05, 0) is 18.9 Å². The Bertz CT molecular complexity index is 315. The predicted molar refractivity (Wildman–Crippen MR) is 61.3 cm³/mol. The number of benzene rings is 1. The summed E-state index contributed by atoms with van der Waals surface area (Å²) in [4.78, 5) is 11.0. The molecule has 0 spiro atoms. The molecule has 1 aromatic carbocycles. The molecule has 2 nitrogen and oxygen atoms in total. The van der Waals surface area contributed by atoms with E-state index in [0.29, 0.717) is 13.0 Å². The average molecular weight is 204 g/mol. The molecule has 0 saturated heterocycles. The molecule has 0 fully saturated rings. The Morgan fingerprint density at radius 1 is 1.33 bits per heavy atom. The van der Waals surface area contributed by atoms with Crippen molar-refractivity contribution in [2.75, 3.05) is 6.61 Å². The molecular formula is C13H16O2. The molecule has 0 N–H and O–H groups in total. The van der Waals surface area contributed by atoms with Crippen molar-refractivity contribution in [1.29, 1.82) is 0 Å². The zero-order valence-electron chi connectivity index (χ0n) is 8.98. The minimum atomic E-state index is -0.129. The Labute approximate surface area is 90.6 Å². The van der Waals surface area contributed by atoms with Crippen LogP contribution >= 0.6 is 0 Å². The number of ether oxygens (including phenoxy) is 1. The first-order chi connectivity index (χ1) is 7.33. The fraction of sp³-hybridized carbons (Fsp3) is 0.308. The number of allylic oxidation sites excluding steroid dienone is 1. The van der Waals surface area contributed by atoms with E-state index < -0.39 is 0 Å². The highest BCUT2D eigenvalue weighted by molar-refractivity contribution is 5.69. The lowest BCUT2D eigenvalue weighted by Gasteiger charge is -1.98. The Morgan fingerprint density at radius 3 is 2.73 bits per heavy atom. The SMILES string of the molecule is CCOC(=O)CCC=Cc1ccccc1. The zero-order valence-corrected chi connectivity index (χ0v) is 8.98. The summed E-state index contributed by atoms with van der Waals surface area (Å²) in [7, 11) is 0. The second-order valence-electron chi connectivity index (χ2n) is 3.16. The molecule has 1 rings (SSSR count). The quantitative estimate of drug-likeness (QED) is 0.689. The van der Waals surface area contributed by atoms with Crippen LogP contribution in [-0.4, -0.2) is 12.6 Å². The lowest BCUT2D eigenvalue weighted by Crippen LogP contribution is -2.02. The van der Waals surface area contributed by atoms with E-state index in [9.17, 15) is 4.79 Å². The molecule has 0 aromatic heterocycles. The van der Waals surface area contributed by atoms with Crippen LogP contribution < -0.4 is 0 Å². The standard InChI is InChI=1S/C13H16O2/c1-2-15-13(14)11-7-6-10-12-8-4-3-5-9-12/h3-6,8-10H,2,7,11H2,1H3. The third-order valence-electron chi connectivity index (χ3n) is 1.93. The van der Waals surface area contributed by atoms with Gasteiger partial charge in [0.2, 0.25) is 0 Å². The number of carbonyl (C=O) groups is 1. The first-order valence-electron chi connectivity index (χ1n) is 5.20. The van der Waals surface area contributed by atoms with E-state index in [1.807, 2.05) is 49.4 Å². The van der Waals surface area contributed by atoms with Crippen molar-refractivity contribution in [3.8, 4) is 0 Å². The van der Waals surface area contributed by atoms with Gasteiger partial charge in [0.05, 0.1) is 6.61 Å². The van der Waals surface area contributed by atoms with Gasteiger partial charge in [0.15, 0.2) is 0 Å². The van der Waals surface area contributed by atoms with Crippen molar-refractivity contribution < 1.29 is 9.53 Å². The molecular weight excluding hydrogens is 188 g/mol. The normalized spacial score (nSPS) is 10.5. The summed E-state index contributed by atoms with van der Waals surface area (Å²) in [5, 5.41) is 0. The minimum absolute atomic E-state index is 0.129. The second-order valence-corrected chi connectivity index (χ2v) is 3.16. The zero-order chi connectivity index (χ0) is 10.9. The maximum Gasteiger partial charge on any atom is 0.306 e. The largest absolute Gasteiger partial charge is 0.466 e. The number of hydrogen-bond acceptors (Lipinski definition) is 2. The summed E-state index contributed by atoms with van der Waals surface area (Å²) in [5.74, 6) is -0.129. The van der Waals surface area contributed by atoms with E-state index in [1.165, 1.54) is 0 Å². The molecule has 0 aliphatic rings. The van der Waals surface area contributed by atoms with Crippen molar-refractivity contribution in [1.82, 2.24) is 0 Å². The molecule has 0 radical (unpaired) electrons. The minimum Gasteiger partial charge on any atom is -0.466 e. The molecule has 2 heteroatoms. The molecule has 0 unspecified atom stereocenters. The Morgan fingerprint density at radius 2 is 2.07 bits per heavy atom. The summed E-state index contributed by atoms with van der Waals surface area (Å²) < 4.78 is 4.82. The monoisotopic (exact) mass is 204 g/mol. The Balaban J connectivity index is 2.26. The average Bonchev–Trinajstić information content (AvgIpc) is 2.26. The fourth-order valence-corrected chi connectivity index (χ4v) is 1.22. The summed E-state index contributed by atoms with van der Waals surface area (Å²) in [6, 6.07) is 10.0. The number of rotatable bonds is 5. The highest BCUT2D eigenvalue weighted by Crippen LogP contribution is 2.03. The molecule has 0 aliphatic heterocycles. The van der Waals surface area contributed by atoms with Gasteiger partial charge in [-0.2, -0.15) is 0 Å². The molecule has 15 heavy (non-hydrogen) atoms. The lowest BCUT2D eigenvalue weighted by molar-refractivity contribution is -0.142. The van der Waals surface area contributed by atoms with Gasteiger partial charge in [0.25, 0.3) is 0 Å². The summed E-state index contributed by atoms with van der Waals surface area (Å²) in [6.07, 6.45) is 5.19. The van der Waals surface area contributed by atoms with Crippen LogP contribution in [0.2, 0.25) is 0 Å². The molecule has 0 bridgehead atoms. The first kappa shape index (κ1) is 11.5. The van der Waals surface area contributed by atoms with E-state index in [4.69, 9.17) is 4.74 Å². The van der Waals surface area contributed by atoms with Gasteiger partial charge in [-0.15, -0.1) is 0 Å². The van der Waals surface area contributed by atoms with Gasteiger partial charge >= 0.3 is 5.97 Å². The summed E-state index contributed by atoms with van der Waals surface area (Å²) >= 11 is 0. The van der Waals surface area contributed by atoms with Crippen LogP contribution in [0, 0.1) is 0 Å². The van der Waals surface area contributed by atoms with Crippen LogP contribution in [0.15, 0.2) is 36.4 Å². The van der Waals surface area contributed by atoms with E-state index in [0.717, 1.165) is 12.0 Å². The van der Waals surface area contributed by atoms with Gasteiger partial charge in [-0.3, -0.25) is 4.79 Å². The Hall–Kier alpha value is -1.57. The fourth-order valence-electron chi connectivity index (χ4n) is 1.22. The van der Waals surface area contributed by atoms with Crippen LogP contribution in [0.1, 0.15) is 25.3 Å². The van der Waals surface area contributed by atoms with E-state index in [1.54, 1.807) is 0 Å². The van der Waals surface area contributed by atoms with Gasteiger partial charge in [-0.1, -0.05) is 42.5 Å². The summed E-state index contributed by atoms with van der Waals surface area (Å²) in [5.41, 5.74) is 1.15. The molecule has 0 heterocycles. The molecule has 0 atom stereocenters. The number of carbonyl (C=O) groups excluding carboxylic acids is 1. The molecule has 1 aromatic rings. The predicted octanol–water partition coefficient (Wildman–Crippen LogP) is 3.04. The molecule has 0 aliphatic carbocycles. The summed E-state index contributed by atoms with van der Waals surface area (Å²) in [6.45, 7) is 2.28. The van der Waals surface area contributed by atoms with Gasteiger partial charge in [0.1, 0.15) is 0 Å². The van der Waals surface area contributed by atoms with Crippen LogP contribution in [0.4, 0.5) is 0 Å².